The Bertz CT molecular complexity index is 1750. The minimum Gasteiger partial charge on any atom is -0.507 e. The summed E-state index contributed by atoms with van der Waals surface area (Å²) in [5.41, 5.74) is 7.46. The molecule has 264 valence electrons. The lowest BCUT2D eigenvalue weighted by atomic mass is 9.75. The summed E-state index contributed by atoms with van der Waals surface area (Å²) in [5, 5.41) is 11.1. The Hall–Kier alpha value is -4.06. The van der Waals surface area contributed by atoms with E-state index in [4.69, 9.17) is 4.74 Å². The van der Waals surface area contributed by atoms with Crippen molar-refractivity contribution in [3.05, 3.63) is 105 Å². The van der Waals surface area contributed by atoms with Gasteiger partial charge in [0.1, 0.15) is 11.5 Å². The first-order valence-corrected chi connectivity index (χ1v) is 17.6. The summed E-state index contributed by atoms with van der Waals surface area (Å²) in [7, 11) is 1.73. The van der Waals surface area contributed by atoms with Gasteiger partial charge in [-0.05, 0) is 87.4 Å². The highest BCUT2D eigenvalue weighted by molar-refractivity contribution is 5.95. The number of H-pyrrole nitrogens is 2. The van der Waals surface area contributed by atoms with E-state index in [2.05, 4.69) is 110 Å². The van der Waals surface area contributed by atoms with Crippen molar-refractivity contribution in [1.29, 1.82) is 0 Å². The van der Waals surface area contributed by atoms with E-state index >= 15 is 0 Å². The molecule has 0 aliphatic carbocycles. The van der Waals surface area contributed by atoms with E-state index in [0.717, 1.165) is 44.8 Å². The van der Waals surface area contributed by atoms with Gasteiger partial charge < -0.3 is 19.8 Å². The van der Waals surface area contributed by atoms with Crippen molar-refractivity contribution >= 4 is 11.6 Å². The molecule has 4 rings (SSSR count). The molecule has 4 aromatic rings. The van der Waals surface area contributed by atoms with E-state index in [1.807, 2.05) is 24.3 Å². The quantitative estimate of drug-likeness (QED) is 0.131. The van der Waals surface area contributed by atoms with Crippen molar-refractivity contribution < 1.29 is 19.4 Å². The number of aromatic hydroxyl groups is 1. The Morgan fingerprint density at radius 1 is 0.673 bits per heavy atom. The Labute approximate surface area is 294 Å². The number of benzene rings is 2. The maximum Gasteiger partial charge on any atom is 0.179 e. The number of ether oxygens (including phenoxy) is 1. The predicted octanol–water partition coefficient (Wildman–Crippen LogP) is 10.1. The van der Waals surface area contributed by atoms with Crippen molar-refractivity contribution in [2.24, 2.45) is 0 Å². The zero-order valence-electron chi connectivity index (χ0n) is 31.9. The number of hydrogen-bond donors (Lipinski definition) is 3. The van der Waals surface area contributed by atoms with Gasteiger partial charge in [-0.3, -0.25) is 9.59 Å². The molecule has 49 heavy (non-hydrogen) atoms. The lowest BCUT2D eigenvalue weighted by molar-refractivity contribution is 0.0970. The Morgan fingerprint density at radius 2 is 1.16 bits per heavy atom. The summed E-state index contributed by atoms with van der Waals surface area (Å²) >= 11 is 0. The number of phenols is 1. The fraction of sp³-hybridized carbons (Fsp3) is 0.488. The van der Waals surface area contributed by atoms with Gasteiger partial charge in [0.2, 0.25) is 0 Å². The summed E-state index contributed by atoms with van der Waals surface area (Å²) in [6.45, 7) is 23.6. The normalized spacial score (nSPS) is 12.7. The predicted molar refractivity (Wildman–Crippen MR) is 201 cm³/mol. The van der Waals surface area contributed by atoms with Crippen LogP contribution in [0.1, 0.15) is 149 Å². The van der Waals surface area contributed by atoms with E-state index in [1.54, 1.807) is 13.3 Å². The van der Waals surface area contributed by atoms with Gasteiger partial charge in [0.15, 0.2) is 11.6 Å². The SMILES string of the molecule is COc1c(C(C)(C)C)cc(CCC(=O)c2ccc[nH]2)cc1C(C)(C)Cc1ccc(C(=O)CCc2cc(C(C)(C)C)c(O)c(C(C)(C)C)c2)[nH]1. The van der Waals surface area contributed by atoms with Crippen LogP contribution in [0, 0.1) is 0 Å². The molecule has 0 unspecified atom stereocenters. The Balaban J connectivity index is 1.56. The van der Waals surface area contributed by atoms with Gasteiger partial charge in [-0.1, -0.05) is 100 Å². The highest BCUT2D eigenvalue weighted by Crippen LogP contribution is 2.43. The molecule has 6 heteroatoms. The van der Waals surface area contributed by atoms with E-state index in [9.17, 15) is 14.7 Å². The third-order valence-corrected chi connectivity index (χ3v) is 9.53. The smallest absolute Gasteiger partial charge is 0.179 e. The summed E-state index contributed by atoms with van der Waals surface area (Å²) in [4.78, 5) is 32.8. The number of carbonyl (C=O) groups excluding carboxylic acids is 2. The second-order valence-corrected chi connectivity index (χ2v) is 17.4. The number of phenolic OH excluding ortho intramolecular Hbond substituents is 1. The molecule has 2 heterocycles. The second kappa shape index (κ2) is 14.0. The third kappa shape index (κ3) is 8.95. The van der Waals surface area contributed by atoms with E-state index < -0.39 is 0 Å². The third-order valence-electron chi connectivity index (χ3n) is 9.53. The van der Waals surface area contributed by atoms with E-state index in [0.29, 0.717) is 49.2 Å². The average molecular weight is 667 g/mol. The highest BCUT2D eigenvalue weighted by Gasteiger charge is 2.32. The number of carbonyl (C=O) groups is 2. The number of ketones is 2. The van der Waals surface area contributed by atoms with Gasteiger partial charge in [0, 0.05) is 35.9 Å². The number of nitrogens with one attached hydrogen (secondary N) is 2. The van der Waals surface area contributed by atoms with Crippen LogP contribution in [0.15, 0.2) is 54.7 Å². The van der Waals surface area contributed by atoms with Crippen LogP contribution in [0.2, 0.25) is 0 Å². The minimum absolute atomic E-state index is 0.0630. The largest absolute Gasteiger partial charge is 0.507 e. The lowest BCUT2D eigenvalue weighted by Gasteiger charge is -2.32. The van der Waals surface area contributed by atoms with Crippen molar-refractivity contribution in [2.75, 3.05) is 7.11 Å². The highest BCUT2D eigenvalue weighted by atomic mass is 16.5. The molecule has 3 N–H and O–H groups in total. The van der Waals surface area contributed by atoms with Crippen LogP contribution in [-0.4, -0.2) is 33.8 Å². The Morgan fingerprint density at radius 3 is 1.63 bits per heavy atom. The van der Waals surface area contributed by atoms with Gasteiger partial charge in [0.25, 0.3) is 0 Å². The summed E-state index contributed by atoms with van der Waals surface area (Å²) in [6, 6.07) is 16.1. The average Bonchev–Trinajstić information content (AvgIpc) is 3.70. The number of rotatable bonds is 12. The molecule has 6 nitrogen and oxygen atoms in total. The van der Waals surface area contributed by atoms with Gasteiger partial charge in [-0.2, -0.15) is 0 Å². The van der Waals surface area contributed by atoms with E-state index in [1.165, 1.54) is 0 Å². The molecule has 2 aromatic heterocycles. The number of methoxy groups -OCH3 is 1. The first-order valence-electron chi connectivity index (χ1n) is 17.6. The fourth-order valence-corrected chi connectivity index (χ4v) is 6.66. The van der Waals surface area contributed by atoms with Crippen LogP contribution in [0.3, 0.4) is 0 Å². The number of hydrogen-bond acceptors (Lipinski definition) is 4. The van der Waals surface area contributed by atoms with Crippen LogP contribution >= 0.6 is 0 Å². The molecule has 2 aromatic carbocycles. The molecule has 0 aliphatic heterocycles. The molecule has 0 radical (unpaired) electrons. The maximum atomic E-state index is 13.5. The van der Waals surface area contributed by atoms with Gasteiger partial charge in [-0.25, -0.2) is 0 Å². The van der Waals surface area contributed by atoms with Crippen molar-refractivity contribution in [3.63, 3.8) is 0 Å². The van der Waals surface area contributed by atoms with E-state index in [-0.39, 0.29) is 33.2 Å². The maximum absolute atomic E-state index is 13.5. The van der Waals surface area contributed by atoms with Crippen LogP contribution in [0.5, 0.6) is 11.5 Å². The summed E-state index contributed by atoms with van der Waals surface area (Å²) in [5.74, 6) is 1.39. The summed E-state index contributed by atoms with van der Waals surface area (Å²) < 4.78 is 6.10. The zero-order chi connectivity index (χ0) is 36.5. The molecule has 0 aliphatic rings. The van der Waals surface area contributed by atoms with Crippen molar-refractivity contribution in [3.8, 4) is 11.5 Å². The molecule has 0 fully saturated rings. The molecule has 0 saturated heterocycles. The number of aromatic nitrogens is 2. The molecule has 0 saturated carbocycles. The van der Waals surface area contributed by atoms with Crippen LogP contribution < -0.4 is 4.74 Å². The first-order chi connectivity index (χ1) is 22.6. The van der Waals surface area contributed by atoms with Crippen LogP contribution in [0.4, 0.5) is 0 Å². The molecule has 0 spiro atoms. The number of Topliss-reactive ketones (excluding diaryl/α,β-unsaturated/α-hetero) is 2. The minimum atomic E-state index is -0.339. The zero-order valence-corrected chi connectivity index (χ0v) is 31.9. The van der Waals surface area contributed by atoms with Crippen LogP contribution in [-0.2, 0) is 40.9 Å². The van der Waals surface area contributed by atoms with Crippen molar-refractivity contribution in [1.82, 2.24) is 9.97 Å². The van der Waals surface area contributed by atoms with Gasteiger partial charge in [0.05, 0.1) is 18.5 Å². The lowest BCUT2D eigenvalue weighted by Crippen LogP contribution is -2.25. The molecular formula is C43H58N2O4. The molecule has 0 bridgehead atoms. The molecule has 0 amide bonds. The second-order valence-electron chi connectivity index (χ2n) is 17.4. The summed E-state index contributed by atoms with van der Waals surface area (Å²) in [6.07, 6.45) is 4.46. The standard InChI is InChI=1S/C43H58N2O4/c1-40(2,3)30-22-27(23-31(38(30)48)41(4,5)6)16-20-37(47)35-18-17-29(45-35)26-43(10,11)33-25-28(15-19-36(46)34-14-13-21-44-34)24-32(39(33)49-12)42(7,8)9/h13-14,17-18,21-25,44-45,48H,15-16,19-20,26H2,1-12H3. The number of aromatic amines is 2. The number of aryl methyl sites for hydroxylation is 2. The van der Waals surface area contributed by atoms with Gasteiger partial charge in [-0.15, -0.1) is 0 Å². The molecule has 0 atom stereocenters. The van der Waals surface area contributed by atoms with Crippen molar-refractivity contribution in [2.45, 2.75) is 130 Å². The molecular weight excluding hydrogens is 608 g/mol. The van der Waals surface area contributed by atoms with Gasteiger partial charge >= 0.3 is 0 Å². The topological polar surface area (TPSA) is 95.2 Å². The Kier molecular flexibility index (Phi) is 10.8. The fourth-order valence-electron chi connectivity index (χ4n) is 6.66. The van der Waals surface area contributed by atoms with Crippen LogP contribution in [0.25, 0.3) is 0 Å². The monoisotopic (exact) mass is 666 g/mol. The first kappa shape index (κ1) is 37.8.